The SMILES string of the molecule is CCCC(=O)O.ClCCN(CCCl)c1ccccc1. The number of benzene rings is 1. The van der Waals surface area contributed by atoms with E-state index < -0.39 is 5.97 Å². The zero-order valence-corrected chi connectivity index (χ0v) is 12.7. The molecule has 0 atom stereocenters. The minimum atomic E-state index is -0.711. The maximum absolute atomic E-state index is 9.60. The molecule has 0 fully saturated rings. The molecule has 0 heterocycles. The Hall–Kier alpha value is -0.930. The van der Waals surface area contributed by atoms with Gasteiger partial charge >= 0.3 is 5.97 Å². The molecule has 1 aromatic carbocycles. The molecular weight excluding hydrogens is 285 g/mol. The molecule has 108 valence electrons. The van der Waals surface area contributed by atoms with Gasteiger partial charge in [0.05, 0.1) is 0 Å². The Kier molecular flexibility index (Phi) is 11.5. The summed E-state index contributed by atoms with van der Waals surface area (Å²) < 4.78 is 0. The van der Waals surface area contributed by atoms with Crippen molar-refractivity contribution >= 4 is 34.9 Å². The minimum absolute atomic E-state index is 0.292. The van der Waals surface area contributed by atoms with Crippen LogP contribution in [-0.4, -0.2) is 35.9 Å². The molecule has 1 aromatic rings. The van der Waals surface area contributed by atoms with Crippen LogP contribution in [-0.2, 0) is 4.79 Å². The second-order valence-electron chi connectivity index (χ2n) is 3.84. The van der Waals surface area contributed by atoms with Crippen molar-refractivity contribution in [2.45, 2.75) is 19.8 Å². The number of alkyl halides is 2. The Bertz CT molecular complexity index is 327. The largest absolute Gasteiger partial charge is 0.481 e. The zero-order chi connectivity index (χ0) is 14.5. The zero-order valence-electron chi connectivity index (χ0n) is 11.2. The second kappa shape index (κ2) is 12.1. The Morgan fingerprint density at radius 1 is 1.16 bits per heavy atom. The molecule has 0 aliphatic heterocycles. The monoisotopic (exact) mass is 305 g/mol. The molecule has 0 spiro atoms. The van der Waals surface area contributed by atoms with E-state index in [1.807, 2.05) is 25.1 Å². The van der Waals surface area contributed by atoms with Crippen molar-refractivity contribution in [3.63, 3.8) is 0 Å². The summed E-state index contributed by atoms with van der Waals surface area (Å²) in [5.74, 6) is 0.551. The van der Waals surface area contributed by atoms with Crippen LogP contribution in [0.4, 0.5) is 5.69 Å². The Morgan fingerprint density at radius 3 is 2.00 bits per heavy atom. The van der Waals surface area contributed by atoms with Gasteiger partial charge in [0, 0.05) is 37.0 Å². The lowest BCUT2D eigenvalue weighted by atomic mass is 10.3. The van der Waals surface area contributed by atoms with E-state index in [1.165, 1.54) is 5.69 Å². The molecule has 0 saturated carbocycles. The molecule has 19 heavy (non-hydrogen) atoms. The molecule has 1 N–H and O–H groups in total. The summed E-state index contributed by atoms with van der Waals surface area (Å²) in [5, 5.41) is 7.91. The van der Waals surface area contributed by atoms with Crippen LogP contribution in [0.25, 0.3) is 0 Å². The lowest BCUT2D eigenvalue weighted by Crippen LogP contribution is -2.27. The number of hydrogen-bond donors (Lipinski definition) is 1. The molecule has 0 saturated heterocycles. The molecule has 3 nitrogen and oxygen atoms in total. The first kappa shape index (κ1) is 18.1. The van der Waals surface area contributed by atoms with Crippen molar-refractivity contribution in [2.75, 3.05) is 29.7 Å². The molecule has 0 bridgehead atoms. The normalized spacial score (nSPS) is 9.42. The first-order chi connectivity index (χ1) is 9.15. The molecule has 0 aromatic heterocycles. The highest BCUT2D eigenvalue weighted by atomic mass is 35.5. The van der Waals surface area contributed by atoms with Crippen LogP contribution in [0.3, 0.4) is 0 Å². The highest BCUT2D eigenvalue weighted by Gasteiger charge is 2.02. The summed E-state index contributed by atoms with van der Waals surface area (Å²) in [6.07, 6.45) is 1.02. The van der Waals surface area contributed by atoms with Gasteiger partial charge < -0.3 is 10.0 Å². The van der Waals surface area contributed by atoms with Crippen LogP contribution in [0.1, 0.15) is 19.8 Å². The third-order valence-electron chi connectivity index (χ3n) is 2.29. The number of halogens is 2. The second-order valence-corrected chi connectivity index (χ2v) is 4.60. The third kappa shape index (κ3) is 9.62. The number of carboxylic acid groups (broad SMARTS) is 1. The number of para-hydroxylation sites is 1. The van der Waals surface area contributed by atoms with Crippen LogP contribution in [0, 0.1) is 0 Å². The van der Waals surface area contributed by atoms with Crippen molar-refractivity contribution < 1.29 is 9.90 Å². The molecule has 0 unspecified atom stereocenters. The highest BCUT2D eigenvalue weighted by Crippen LogP contribution is 2.12. The van der Waals surface area contributed by atoms with Gasteiger partial charge in [0.25, 0.3) is 0 Å². The van der Waals surface area contributed by atoms with Gasteiger partial charge in [-0.3, -0.25) is 4.79 Å². The molecule has 1 rings (SSSR count). The quantitative estimate of drug-likeness (QED) is 0.778. The predicted molar refractivity (Wildman–Crippen MR) is 82.6 cm³/mol. The highest BCUT2D eigenvalue weighted by molar-refractivity contribution is 6.18. The van der Waals surface area contributed by atoms with Gasteiger partial charge in [-0.15, -0.1) is 23.2 Å². The Labute approximate surface area is 125 Å². The maximum Gasteiger partial charge on any atom is 0.303 e. The summed E-state index contributed by atoms with van der Waals surface area (Å²) in [6.45, 7) is 3.53. The van der Waals surface area contributed by atoms with E-state index in [2.05, 4.69) is 17.0 Å². The van der Waals surface area contributed by atoms with Crippen LogP contribution >= 0.6 is 23.2 Å². The Morgan fingerprint density at radius 2 is 1.68 bits per heavy atom. The van der Waals surface area contributed by atoms with Crippen LogP contribution in [0.5, 0.6) is 0 Å². The van der Waals surface area contributed by atoms with Crippen molar-refractivity contribution in [3.8, 4) is 0 Å². The van der Waals surface area contributed by atoms with Crippen LogP contribution in [0.2, 0.25) is 0 Å². The minimum Gasteiger partial charge on any atom is -0.481 e. The predicted octanol–water partition coefficient (Wildman–Crippen LogP) is 3.84. The van der Waals surface area contributed by atoms with Gasteiger partial charge in [-0.2, -0.15) is 0 Å². The average Bonchev–Trinajstić information content (AvgIpc) is 2.40. The average molecular weight is 306 g/mol. The number of carbonyl (C=O) groups is 1. The standard InChI is InChI=1S/C10H13Cl2N.C4H8O2/c11-6-8-13(9-7-12)10-4-2-1-3-5-10;1-2-3-4(5)6/h1-5H,6-9H2;2-3H2,1H3,(H,5,6). The first-order valence-electron chi connectivity index (χ1n) is 6.29. The summed E-state index contributed by atoms with van der Waals surface area (Å²) in [5.41, 5.74) is 1.18. The summed E-state index contributed by atoms with van der Waals surface area (Å²) >= 11 is 11.4. The summed E-state index contributed by atoms with van der Waals surface area (Å²) in [7, 11) is 0. The molecular formula is C14H21Cl2NO2. The van der Waals surface area contributed by atoms with Crippen LogP contribution in [0.15, 0.2) is 30.3 Å². The Balaban J connectivity index is 0.000000459. The lowest BCUT2D eigenvalue weighted by molar-refractivity contribution is -0.137. The van der Waals surface area contributed by atoms with Gasteiger partial charge in [0.1, 0.15) is 0 Å². The van der Waals surface area contributed by atoms with E-state index >= 15 is 0 Å². The van der Waals surface area contributed by atoms with Gasteiger partial charge in [0.15, 0.2) is 0 Å². The number of aliphatic carboxylic acids is 1. The fourth-order valence-electron chi connectivity index (χ4n) is 1.43. The van der Waals surface area contributed by atoms with Crippen molar-refractivity contribution in [3.05, 3.63) is 30.3 Å². The van der Waals surface area contributed by atoms with E-state index in [0.29, 0.717) is 18.2 Å². The smallest absolute Gasteiger partial charge is 0.303 e. The van der Waals surface area contributed by atoms with Crippen molar-refractivity contribution in [1.29, 1.82) is 0 Å². The molecule has 0 aliphatic carbocycles. The summed E-state index contributed by atoms with van der Waals surface area (Å²) in [6, 6.07) is 10.2. The van der Waals surface area contributed by atoms with Gasteiger partial charge in [-0.25, -0.2) is 0 Å². The maximum atomic E-state index is 9.60. The lowest BCUT2D eigenvalue weighted by Gasteiger charge is -2.22. The molecule has 0 radical (unpaired) electrons. The van der Waals surface area contributed by atoms with Gasteiger partial charge in [0.2, 0.25) is 0 Å². The third-order valence-corrected chi connectivity index (χ3v) is 2.63. The number of carboxylic acids is 1. The fourth-order valence-corrected chi connectivity index (χ4v) is 1.83. The van der Waals surface area contributed by atoms with E-state index in [4.69, 9.17) is 28.3 Å². The number of anilines is 1. The molecule has 0 aliphatic rings. The number of hydrogen-bond acceptors (Lipinski definition) is 2. The van der Waals surface area contributed by atoms with E-state index in [1.54, 1.807) is 0 Å². The van der Waals surface area contributed by atoms with Crippen molar-refractivity contribution in [1.82, 2.24) is 0 Å². The summed E-state index contributed by atoms with van der Waals surface area (Å²) in [4.78, 5) is 11.8. The van der Waals surface area contributed by atoms with E-state index in [9.17, 15) is 4.79 Å². The molecule has 5 heteroatoms. The van der Waals surface area contributed by atoms with E-state index in [-0.39, 0.29) is 0 Å². The van der Waals surface area contributed by atoms with Gasteiger partial charge in [-0.1, -0.05) is 25.1 Å². The number of rotatable bonds is 7. The molecule has 0 amide bonds. The van der Waals surface area contributed by atoms with Crippen molar-refractivity contribution in [2.24, 2.45) is 0 Å². The van der Waals surface area contributed by atoms with E-state index in [0.717, 1.165) is 19.5 Å². The van der Waals surface area contributed by atoms with Crippen LogP contribution < -0.4 is 4.90 Å². The first-order valence-corrected chi connectivity index (χ1v) is 7.36. The van der Waals surface area contributed by atoms with Gasteiger partial charge in [-0.05, 0) is 18.6 Å². The fraction of sp³-hybridized carbons (Fsp3) is 0.500. The number of nitrogens with zero attached hydrogens (tertiary/aromatic N) is 1. The topological polar surface area (TPSA) is 40.5 Å².